The molecule has 0 saturated carbocycles. The summed E-state index contributed by atoms with van der Waals surface area (Å²) in [6, 6.07) is 7.96. The van der Waals surface area contributed by atoms with Crippen LogP contribution >= 0.6 is 0 Å². The number of carbonyl (C=O) groups excluding carboxylic acids is 3. The molecule has 2 heterocycles. The predicted octanol–water partition coefficient (Wildman–Crippen LogP) is 4.43. The third kappa shape index (κ3) is 10.8. The second-order valence-electron chi connectivity index (χ2n) is 11.5. The fourth-order valence-corrected chi connectivity index (χ4v) is 5.23. The van der Waals surface area contributed by atoms with Crippen molar-refractivity contribution in [2.75, 3.05) is 25.4 Å². The van der Waals surface area contributed by atoms with Crippen LogP contribution in [0.25, 0.3) is 21.9 Å². The Labute approximate surface area is 281 Å². The minimum Gasteiger partial charge on any atom is -0.399 e. The first kappa shape index (κ1) is 35.4. The highest BCUT2D eigenvalue weighted by molar-refractivity contribution is 6.06. The van der Waals surface area contributed by atoms with Gasteiger partial charge >= 0.3 is 0 Å². The first-order valence-corrected chi connectivity index (χ1v) is 16.5. The van der Waals surface area contributed by atoms with Gasteiger partial charge in [-0.2, -0.15) is 0 Å². The number of pyridine rings is 1. The Morgan fingerprint density at radius 2 is 1.54 bits per heavy atom. The molecular formula is C37H46N8O3. The van der Waals surface area contributed by atoms with Crippen LogP contribution in [0.5, 0.6) is 0 Å². The lowest BCUT2D eigenvalue weighted by molar-refractivity contribution is -0.128. The average Bonchev–Trinajstić information content (AvgIpc) is 3.45. The van der Waals surface area contributed by atoms with Crippen molar-refractivity contribution >= 4 is 45.5 Å². The standard InChI is InChI=1S/C37H46N8O3/c1-2-3-19-31-44-35-36(29-17-11-12-18-30(29)43-37(35)39)45(31)23-14-13-22-40-32(46)20-21-33(47)42-26-34(48)41-25-27-15-9-7-5-4-6-8-10-16-28(38)24-27/h4-12,15-18,24H,2-3,13-14,19-23,25-26,38H2,1H3,(H2,39,43)(H,40,46)(H,41,48)(H,42,47)/b5-4-,6-4?,7-5?,8-6-,9-7-,10-8?,15-9?,16-10-,27-15?,27-24?,28-16?,28-24?. The van der Waals surface area contributed by atoms with Gasteiger partial charge in [-0.1, -0.05) is 80.2 Å². The molecule has 0 aliphatic heterocycles. The normalized spacial score (nSPS) is 15.8. The van der Waals surface area contributed by atoms with Gasteiger partial charge in [-0.05, 0) is 43.1 Å². The number of benzene rings is 1. The van der Waals surface area contributed by atoms with Crippen LogP contribution < -0.4 is 27.4 Å². The molecule has 11 heteroatoms. The van der Waals surface area contributed by atoms with Gasteiger partial charge in [-0.25, -0.2) is 9.97 Å². The SMILES string of the molecule is CCCCc1nc2c(N)nc3ccccc3c2n1CCCCNC(=O)CCC(=O)NCC(=O)NCC1=C\C=C/C=C\C=C/C=C\C(N)=C1. The Kier molecular flexibility index (Phi) is 13.7. The summed E-state index contributed by atoms with van der Waals surface area (Å²) in [4.78, 5) is 46.5. The number of anilines is 1. The van der Waals surface area contributed by atoms with Crippen molar-refractivity contribution in [2.45, 2.75) is 58.4 Å². The van der Waals surface area contributed by atoms with E-state index >= 15 is 0 Å². The minimum atomic E-state index is -0.366. The molecule has 0 saturated heterocycles. The van der Waals surface area contributed by atoms with Gasteiger partial charge in [0.2, 0.25) is 17.7 Å². The number of allylic oxidation sites excluding steroid dienone is 9. The monoisotopic (exact) mass is 650 g/mol. The smallest absolute Gasteiger partial charge is 0.239 e. The van der Waals surface area contributed by atoms with E-state index in [4.69, 9.17) is 16.5 Å². The summed E-state index contributed by atoms with van der Waals surface area (Å²) in [5.41, 5.74) is 16.3. The molecule has 11 nitrogen and oxygen atoms in total. The number of nitrogens with two attached hydrogens (primary N) is 2. The van der Waals surface area contributed by atoms with Crippen LogP contribution in [0.2, 0.25) is 0 Å². The topological polar surface area (TPSA) is 170 Å². The summed E-state index contributed by atoms with van der Waals surface area (Å²) in [6.45, 7) is 3.46. The van der Waals surface area contributed by atoms with E-state index in [0.717, 1.165) is 72.0 Å². The molecule has 0 spiro atoms. The van der Waals surface area contributed by atoms with Crippen LogP contribution in [-0.4, -0.2) is 51.9 Å². The van der Waals surface area contributed by atoms with Crippen LogP contribution in [-0.2, 0) is 27.3 Å². The van der Waals surface area contributed by atoms with Gasteiger partial charge in [0.25, 0.3) is 0 Å². The summed E-state index contributed by atoms with van der Waals surface area (Å²) in [5, 5.41) is 9.29. The van der Waals surface area contributed by atoms with E-state index in [2.05, 4.69) is 38.5 Å². The lowest BCUT2D eigenvalue weighted by atomic mass is 10.1. The van der Waals surface area contributed by atoms with E-state index in [1.165, 1.54) is 0 Å². The van der Waals surface area contributed by atoms with Crippen molar-refractivity contribution in [1.82, 2.24) is 30.5 Å². The number of nitrogens with zero attached hydrogens (tertiary/aromatic N) is 3. The Bertz CT molecular complexity index is 1780. The molecule has 48 heavy (non-hydrogen) atoms. The van der Waals surface area contributed by atoms with Gasteiger partial charge in [0.15, 0.2) is 5.82 Å². The number of aromatic nitrogens is 3. The van der Waals surface area contributed by atoms with Gasteiger partial charge in [0.1, 0.15) is 11.3 Å². The molecule has 1 aliphatic rings. The summed E-state index contributed by atoms with van der Waals surface area (Å²) < 4.78 is 2.25. The summed E-state index contributed by atoms with van der Waals surface area (Å²) >= 11 is 0. The highest BCUT2D eigenvalue weighted by Crippen LogP contribution is 2.29. The second kappa shape index (κ2) is 18.6. The number of hydrogen-bond acceptors (Lipinski definition) is 7. The Hall–Kier alpha value is -5.45. The quantitative estimate of drug-likeness (QED) is 0.152. The number of hydrogen-bond donors (Lipinski definition) is 5. The predicted molar refractivity (Wildman–Crippen MR) is 192 cm³/mol. The molecule has 0 atom stereocenters. The molecule has 0 unspecified atom stereocenters. The molecule has 0 fully saturated rings. The fraction of sp³-hybridized carbons (Fsp3) is 0.324. The van der Waals surface area contributed by atoms with E-state index in [-0.39, 0.29) is 43.7 Å². The highest BCUT2D eigenvalue weighted by Gasteiger charge is 2.17. The van der Waals surface area contributed by atoms with Crippen molar-refractivity contribution in [3.8, 4) is 0 Å². The molecule has 0 bridgehead atoms. The number of aryl methyl sites for hydroxylation is 2. The van der Waals surface area contributed by atoms with Crippen molar-refractivity contribution in [3.05, 3.63) is 102 Å². The molecule has 3 amide bonds. The maximum absolute atomic E-state index is 12.4. The zero-order chi connectivity index (χ0) is 34.1. The van der Waals surface area contributed by atoms with Gasteiger partial charge < -0.3 is 32.0 Å². The zero-order valence-corrected chi connectivity index (χ0v) is 27.6. The molecule has 3 aromatic rings. The van der Waals surface area contributed by atoms with Gasteiger partial charge in [0, 0.05) is 50.0 Å². The number of imidazole rings is 1. The van der Waals surface area contributed by atoms with Gasteiger partial charge in [-0.15, -0.1) is 0 Å². The third-order valence-electron chi connectivity index (χ3n) is 7.71. The number of nitrogen functional groups attached to an aromatic ring is 1. The first-order chi connectivity index (χ1) is 23.4. The summed E-state index contributed by atoms with van der Waals surface area (Å²) in [7, 11) is 0. The van der Waals surface area contributed by atoms with Crippen LogP contribution in [0.4, 0.5) is 5.82 Å². The van der Waals surface area contributed by atoms with Crippen LogP contribution in [0.1, 0.15) is 51.3 Å². The van der Waals surface area contributed by atoms with E-state index in [1.54, 1.807) is 12.2 Å². The molecule has 1 aromatic carbocycles. The summed E-state index contributed by atoms with van der Waals surface area (Å²) in [6.07, 6.45) is 23.1. The van der Waals surface area contributed by atoms with Crippen molar-refractivity contribution in [1.29, 1.82) is 0 Å². The largest absolute Gasteiger partial charge is 0.399 e. The van der Waals surface area contributed by atoms with Crippen LogP contribution in [0.15, 0.2) is 96.3 Å². The lowest BCUT2D eigenvalue weighted by Crippen LogP contribution is -2.38. The summed E-state index contributed by atoms with van der Waals surface area (Å²) in [5.74, 6) is 0.522. The maximum atomic E-state index is 12.4. The van der Waals surface area contributed by atoms with E-state index in [0.29, 0.717) is 18.1 Å². The van der Waals surface area contributed by atoms with Crippen LogP contribution in [0, 0.1) is 0 Å². The number of para-hydroxylation sites is 1. The number of unbranched alkanes of at least 4 members (excludes halogenated alkanes) is 2. The number of amides is 3. The highest BCUT2D eigenvalue weighted by atomic mass is 16.2. The van der Waals surface area contributed by atoms with Crippen molar-refractivity contribution in [3.63, 3.8) is 0 Å². The Balaban J connectivity index is 1.17. The Morgan fingerprint density at radius 1 is 0.812 bits per heavy atom. The maximum Gasteiger partial charge on any atom is 0.239 e. The first-order valence-electron chi connectivity index (χ1n) is 16.5. The van der Waals surface area contributed by atoms with E-state index < -0.39 is 0 Å². The molecule has 1 aliphatic carbocycles. The average molecular weight is 651 g/mol. The molecule has 0 radical (unpaired) electrons. The molecular weight excluding hydrogens is 604 g/mol. The minimum absolute atomic E-state index is 0.00697. The molecule has 252 valence electrons. The third-order valence-corrected chi connectivity index (χ3v) is 7.71. The van der Waals surface area contributed by atoms with E-state index in [1.807, 2.05) is 66.8 Å². The molecule has 4 rings (SSSR count). The van der Waals surface area contributed by atoms with E-state index in [9.17, 15) is 14.4 Å². The molecule has 2 aromatic heterocycles. The van der Waals surface area contributed by atoms with Gasteiger partial charge in [-0.3, -0.25) is 14.4 Å². The van der Waals surface area contributed by atoms with Crippen molar-refractivity contribution in [2.24, 2.45) is 5.73 Å². The second-order valence-corrected chi connectivity index (χ2v) is 11.5. The van der Waals surface area contributed by atoms with Crippen molar-refractivity contribution < 1.29 is 14.4 Å². The number of rotatable bonds is 15. The molecule has 7 N–H and O–H groups in total. The number of fused-ring (bicyclic) bond motifs is 3. The van der Waals surface area contributed by atoms with Gasteiger partial charge in [0.05, 0.1) is 17.6 Å². The lowest BCUT2D eigenvalue weighted by Gasteiger charge is -2.11. The fourth-order valence-electron chi connectivity index (χ4n) is 5.23. The van der Waals surface area contributed by atoms with Crippen LogP contribution in [0.3, 0.4) is 0 Å². The number of carbonyl (C=O) groups is 3. The zero-order valence-electron chi connectivity index (χ0n) is 27.6. The number of nitrogens with one attached hydrogen (secondary N) is 3. The Morgan fingerprint density at radius 3 is 2.33 bits per heavy atom.